The highest BCUT2D eigenvalue weighted by atomic mass is 79.9. The Morgan fingerprint density at radius 3 is 2.56 bits per heavy atom. The summed E-state index contributed by atoms with van der Waals surface area (Å²) < 4.78 is 11.6. The van der Waals surface area contributed by atoms with Gasteiger partial charge in [-0.1, -0.05) is 35.9 Å². The highest BCUT2D eigenvalue weighted by Gasteiger charge is 2.77. The minimum atomic E-state index is -1.31. The first-order valence-electron chi connectivity index (χ1n) is 12.1. The molecule has 10 heteroatoms. The molecule has 9 nitrogen and oxygen atoms in total. The maximum absolute atomic E-state index is 14.4. The van der Waals surface area contributed by atoms with Crippen LogP contribution in [0.4, 0.5) is 5.69 Å². The number of fused-ring (bicyclic) bond motifs is 1. The second-order valence-corrected chi connectivity index (χ2v) is 11.3. The van der Waals surface area contributed by atoms with E-state index in [0.717, 1.165) is 0 Å². The molecule has 0 saturated carbocycles. The van der Waals surface area contributed by atoms with Crippen LogP contribution >= 0.6 is 15.9 Å². The van der Waals surface area contributed by atoms with Crippen LogP contribution in [-0.2, 0) is 19.1 Å². The van der Waals surface area contributed by atoms with Gasteiger partial charge in [0, 0.05) is 17.1 Å². The van der Waals surface area contributed by atoms with Gasteiger partial charge in [-0.25, -0.2) is 0 Å². The summed E-state index contributed by atoms with van der Waals surface area (Å²) in [6.45, 7) is 7.56. The number of aliphatic hydroxyl groups excluding tert-OH is 1. The van der Waals surface area contributed by atoms with Gasteiger partial charge in [0.05, 0.1) is 37.7 Å². The van der Waals surface area contributed by atoms with Crippen LogP contribution in [0.25, 0.3) is 0 Å². The molecule has 4 rings (SSSR count). The van der Waals surface area contributed by atoms with Gasteiger partial charge in [0.1, 0.15) is 17.4 Å². The smallest absolute Gasteiger partial charge is 0.310 e. The molecule has 196 valence electrons. The highest BCUT2D eigenvalue weighted by molar-refractivity contribution is 9.09. The molecule has 7 atom stereocenters. The van der Waals surface area contributed by atoms with Gasteiger partial charge in [0.15, 0.2) is 0 Å². The molecular weight excluding hydrogens is 532 g/mol. The van der Waals surface area contributed by atoms with E-state index in [1.807, 2.05) is 13.8 Å². The number of aliphatic carboxylic acids is 1. The summed E-state index contributed by atoms with van der Waals surface area (Å²) in [5.41, 5.74) is -0.734. The first-order valence-corrected chi connectivity index (χ1v) is 13.1. The molecular formula is C26H33BrN2O7. The number of aliphatic hydroxyl groups is 1. The largest absolute Gasteiger partial charge is 0.497 e. The molecule has 0 aromatic heterocycles. The SMILES string of the molecule is C=CCN(C(=O)C1N([C@@H](CO)CC(C)C)C(=O)[C@@H]2[C@H](C(=O)O)[C@H]3OC12CC3Br)c1ccc(OC)cc1. The molecule has 2 bridgehead atoms. The number of hydrogen-bond donors (Lipinski definition) is 2. The van der Waals surface area contributed by atoms with Gasteiger partial charge in [-0.3, -0.25) is 14.4 Å². The minimum Gasteiger partial charge on any atom is -0.497 e. The van der Waals surface area contributed by atoms with E-state index >= 15 is 0 Å². The van der Waals surface area contributed by atoms with Crippen molar-refractivity contribution in [1.82, 2.24) is 4.90 Å². The quantitative estimate of drug-likeness (QED) is 0.331. The maximum Gasteiger partial charge on any atom is 0.310 e. The summed E-state index contributed by atoms with van der Waals surface area (Å²) in [6, 6.07) is 5.21. The Hall–Kier alpha value is -2.43. The summed E-state index contributed by atoms with van der Waals surface area (Å²) in [5.74, 6) is -3.30. The number of hydrogen-bond acceptors (Lipinski definition) is 6. The third-order valence-corrected chi connectivity index (χ3v) is 8.40. The zero-order chi connectivity index (χ0) is 26.4. The number of anilines is 1. The number of carboxylic acids is 1. The number of carboxylic acid groups (broad SMARTS) is 1. The van der Waals surface area contributed by atoms with Crippen LogP contribution in [0.15, 0.2) is 36.9 Å². The van der Waals surface area contributed by atoms with Crippen LogP contribution in [0.1, 0.15) is 26.7 Å². The topological polar surface area (TPSA) is 117 Å². The first kappa shape index (κ1) is 26.6. The zero-order valence-electron chi connectivity index (χ0n) is 20.7. The summed E-state index contributed by atoms with van der Waals surface area (Å²) in [5, 5.41) is 20.4. The number of carbonyl (C=O) groups excluding carboxylic acids is 2. The lowest BCUT2D eigenvalue weighted by molar-refractivity contribution is -0.151. The van der Waals surface area contributed by atoms with E-state index in [1.165, 1.54) is 9.80 Å². The van der Waals surface area contributed by atoms with Crippen LogP contribution in [0.3, 0.4) is 0 Å². The lowest BCUT2D eigenvalue weighted by Gasteiger charge is -2.39. The molecule has 3 saturated heterocycles. The molecule has 3 aliphatic heterocycles. The Kier molecular flexibility index (Phi) is 7.50. The van der Waals surface area contributed by atoms with Crippen LogP contribution in [0.2, 0.25) is 0 Å². The number of amides is 2. The summed E-state index contributed by atoms with van der Waals surface area (Å²) in [4.78, 5) is 43.3. The first-order chi connectivity index (χ1) is 17.1. The lowest BCUT2D eigenvalue weighted by Crippen LogP contribution is -2.59. The van der Waals surface area contributed by atoms with Crippen molar-refractivity contribution < 1.29 is 34.1 Å². The van der Waals surface area contributed by atoms with Crippen LogP contribution < -0.4 is 9.64 Å². The van der Waals surface area contributed by atoms with E-state index < -0.39 is 53.4 Å². The summed E-state index contributed by atoms with van der Waals surface area (Å²) in [6.07, 6.45) is 1.64. The fraction of sp³-hybridized carbons (Fsp3) is 0.577. The number of rotatable bonds is 10. The number of carbonyl (C=O) groups is 3. The predicted octanol–water partition coefficient (Wildman–Crippen LogP) is 2.45. The van der Waals surface area contributed by atoms with Gasteiger partial charge >= 0.3 is 5.97 Å². The molecule has 1 aromatic carbocycles. The molecule has 1 aromatic rings. The standard InChI is InChI=1S/C26H33BrN2O7/c1-5-10-28(15-6-8-17(35-4)9-7-15)24(32)22-26-12-18(27)21(36-26)19(25(33)34)20(26)23(31)29(22)16(13-30)11-14(2)3/h5-9,14,16,18-22,30H,1,10-13H2,2-4H3,(H,33,34)/t16-,18?,19+,20+,21+,22?,26?/m1/s1. The molecule has 3 fully saturated rings. The van der Waals surface area contributed by atoms with Crippen molar-refractivity contribution in [3.63, 3.8) is 0 Å². The Bertz CT molecular complexity index is 1030. The number of nitrogens with zero attached hydrogens (tertiary/aromatic N) is 2. The van der Waals surface area contributed by atoms with E-state index in [-0.39, 0.29) is 23.9 Å². The van der Waals surface area contributed by atoms with Crippen molar-refractivity contribution in [3.8, 4) is 5.75 Å². The fourth-order valence-electron chi connectivity index (χ4n) is 6.20. The van der Waals surface area contributed by atoms with Gasteiger partial charge in [-0.15, -0.1) is 6.58 Å². The average molecular weight is 565 g/mol. The highest BCUT2D eigenvalue weighted by Crippen LogP contribution is 2.60. The number of ether oxygens (including phenoxy) is 2. The third-order valence-electron chi connectivity index (χ3n) is 7.56. The molecule has 3 unspecified atom stereocenters. The van der Waals surface area contributed by atoms with Crippen LogP contribution in [0, 0.1) is 17.8 Å². The van der Waals surface area contributed by atoms with Gasteiger partial charge in [-0.2, -0.15) is 0 Å². The zero-order valence-corrected chi connectivity index (χ0v) is 22.3. The van der Waals surface area contributed by atoms with Gasteiger partial charge in [0.25, 0.3) is 5.91 Å². The fourth-order valence-corrected chi connectivity index (χ4v) is 7.15. The van der Waals surface area contributed by atoms with E-state index in [2.05, 4.69) is 22.5 Å². The molecule has 36 heavy (non-hydrogen) atoms. The number of benzene rings is 1. The van der Waals surface area contributed by atoms with Gasteiger partial charge in [0.2, 0.25) is 5.91 Å². The van der Waals surface area contributed by atoms with Crippen LogP contribution in [-0.4, -0.2) is 81.8 Å². The average Bonchev–Trinajstić information content (AvgIpc) is 3.44. The number of alkyl halides is 1. The predicted molar refractivity (Wildman–Crippen MR) is 136 cm³/mol. The second-order valence-electron chi connectivity index (χ2n) is 10.1. The minimum absolute atomic E-state index is 0.131. The molecule has 0 aliphatic carbocycles. The van der Waals surface area contributed by atoms with E-state index in [4.69, 9.17) is 9.47 Å². The number of halogens is 1. The summed E-state index contributed by atoms with van der Waals surface area (Å²) >= 11 is 3.55. The Morgan fingerprint density at radius 2 is 2.03 bits per heavy atom. The molecule has 3 heterocycles. The normalized spacial score (nSPS) is 31.4. The van der Waals surface area contributed by atoms with Crippen molar-refractivity contribution >= 4 is 39.4 Å². The van der Waals surface area contributed by atoms with Crippen molar-refractivity contribution in [3.05, 3.63) is 36.9 Å². The molecule has 2 amide bonds. The molecule has 1 spiro atoms. The number of methoxy groups -OCH3 is 1. The Balaban J connectivity index is 1.83. The van der Waals surface area contributed by atoms with Gasteiger partial charge < -0.3 is 29.5 Å². The molecule has 0 radical (unpaired) electrons. The second kappa shape index (κ2) is 10.1. The van der Waals surface area contributed by atoms with Crippen molar-refractivity contribution in [2.75, 3.05) is 25.2 Å². The monoisotopic (exact) mass is 564 g/mol. The maximum atomic E-state index is 14.4. The van der Waals surface area contributed by atoms with Crippen molar-refractivity contribution in [2.24, 2.45) is 17.8 Å². The molecule has 3 aliphatic rings. The van der Waals surface area contributed by atoms with Crippen LogP contribution in [0.5, 0.6) is 5.75 Å². The van der Waals surface area contributed by atoms with E-state index in [0.29, 0.717) is 24.3 Å². The Morgan fingerprint density at radius 1 is 1.36 bits per heavy atom. The van der Waals surface area contributed by atoms with Crippen molar-refractivity contribution in [2.45, 2.75) is 55.3 Å². The van der Waals surface area contributed by atoms with E-state index in [9.17, 15) is 24.6 Å². The lowest BCUT2D eigenvalue weighted by atomic mass is 9.70. The molecule has 2 N–H and O–H groups in total. The van der Waals surface area contributed by atoms with Crippen molar-refractivity contribution in [1.29, 1.82) is 0 Å². The summed E-state index contributed by atoms with van der Waals surface area (Å²) in [7, 11) is 1.55. The third kappa shape index (κ3) is 4.13. The Labute approximate surface area is 219 Å². The van der Waals surface area contributed by atoms with E-state index in [1.54, 1.807) is 37.5 Å². The van der Waals surface area contributed by atoms with Gasteiger partial charge in [-0.05, 0) is 43.0 Å². The number of likely N-dealkylation sites (tertiary alicyclic amines) is 1.